The molecule has 2 aromatic rings. The van der Waals surface area contributed by atoms with Crippen molar-refractivity contribution in [3.63, 3.8) is 0 Å². The number of nitriles is 1. The Bertz CT molecular complexity index is 635. The van der Waals surface area contributed by atoms with Gasteiger partial charge in [-0.1, -0.05) is 66.7 Å². The second-order valence-electron chi connectivity index (χ2n) is 4.16. The Balaban J connectivity index is 2.52. The first-order valence-electron chi connectivity index (χ1n) is 6.23. The molecule has 0 unspecified atom stereocenters. The van der Waals surface area contributed by atoms with Crippen LogP contribution in [-0.2, 0) is 4.79 Å². The molecule has 20 heavy (non-hydrogen) atoms. The Morgan fingerprint density at radius 2 is 1.35 bits per heavy atom. The van der Waals surface area contributed by atoms with Gasteiger partial charge in [0.15, 0.2) is 6.29 Å². The molecule has 0 radical (unpaired) electrons. The van der Waals surface area contributed by atoms with Gasteiger partial charge in [-0.3, -0.25) is 4.79 Å². The zero-order valence-electron chi connectivity index (χ0n) is 10.9. The van der Waals surface area contributed by atoms with E-state index in [0.717, 1.165) is 16.7 Å². The second kappa shape index (κ2) is 6.86. The van der Waals surface area contributed by atoms with Gasteiger partial charge in [0.25, 0.3) is 0 Å². The third-order valence-corrected chi connectivity index (χ3v) is 2.86. The van der Waals surface area contributed by atoms with Crippen LogP contribution in [0.2, 0.25) is 0 Å². The second-order valence-corrected chi connectivity index (χ2v) is 4.16. The van der Waals surface area contributed by atoms with Crippen LogP contribution in [0.15, 0.2) is 78.4 Å². The first-order chi connectivity index (χ1) is 9.85. The topological polar surface area (TPSA) is 40.9 Å². The first kappa shape index (κ1) is 13.5. The summed E-state index contributed by atoms with van der Waals surface area (Å²) in [4.78, 5) is 10.7. The van der Waals surface area contributed by atoms with Crippen LogP contribution in [0.4, 0.5) is 0 Å². The van der Waals surface area contributed by atoms with Crippen LogP contribution in [0.5, 0.6) is 0 Å². The summed E-state index contributed by atoms with van der Waals surface area (Å²) in [6, 6.07) is 21.6. The molecule has 0 aliphatic carbocycles. The first-order valence-corrected chi connectivity index (χ1v) is 6.23. The van der Waals surface area contributed by atoms with Gasteiger partial charge in [-0.25, -0.2) is 0 Å². The summed E-state index contributed by atoms with van der Waals surface area (Å²) in [5.74, 6) is 0. The van der Waals surface area contributed by atoms with Crippen LogP contribution >= 0.6 is 0 Å². The quantitative estimate of drug-likeness (QED) is 0.363. The Labute approximate surface area is 118 Å². The van der Waals surface area contributed by atoms with Gasteiger partial charge in [0, 0.05) is 0 Å². The van der Waals surface area contributed by atoms with E-state index in [4.69, 9.17) is 5.26 Å². The third-order valence-electron chi connectivity index (χ3n) is 2.86. The highest BCUT2D eigenvalue weighted by atomic mass is 16.1. The van der Waals surface area contributed by atoms with E-state index in [1.54, 1.807) is 12.2 Å². The number of aldehydes is 1. The average Bonchev–Trinajstić information content (AvgIpc) is 2.53. The zero-order valence-corrected chi connectivity index (χ0v) is 10.9. The number of benzene rings is 2. The molecule has 0 fully saturated rings. The molecule has 0 aliphatic heterocycles. The molecule has 0 saturated carbocycles. The number of rotatable bonds is 4. The maximum Gasteiger partial charge on any atom is 0.160 e. The number of hydrogen-bond acceptors (Lipinski definition) is 2. The summed E-state index contributed by atoms with van der Waals surface area (Å²) >= 11 is 0. The highest BCUT2D eigenvalue weighted by Gasteiger charge is 2.03. The molecular weight excluding hydrogens is 246 g/mol. The molecule has 0 saturated heterocycles. The van der Waals surface area contributed by atoms with Gasteiger partial charge in [-0.05, 0) is 22.8 Å². The van der Waals surface area contributed by atoms with Gasteiger partial charge in [-0.2, -0.15) is 5.26 Å². The predicted octanol–water partition coefficient (Wildman–Crippen LogP) is 3.77. The molecule has 0 spiro atoms. The van der Waals surface area contributed by atoms with Gasteiger partial charge >= 0.3 is 0 Å². The van der Waals surface area contributed by atoms with Gasteiger partial charge < -0.3 is 0 Å². The Kier molecular flexibility index (Phi) is 4.64. The molecule has 2 nitrogen and oxygen atoms in total. The molecule has 96 valence electrons. The molecule has 0 bridgehead atoms. The molecule has 0 atom stereocenters. The van der Waals surface area contributed by atoms with E-state index in [-0.39, 0.29) is 5.57 Å². The number of carbonyl (C=O) groups excluding carboxylic acids is 1. The minimum atomic E-state index is 0.106. The van der Waals surface area contributed by atoms with Crippen molar-refractivity contribution < 1.29 is 4.79 Å². The highest BCUT2D eigenvalue weighted by Crippen LogP contribution is 2.23. The lowest BCUT2D eigenvalue weighted by atomic mass is 9.97. The van der Waals surface area contributed by atoms with E-state index in [9.17, 15) is 4.79 Å². The van der Waals surface area contributed by atoms with Crippen molar-refractivity contribution in [2.45, 2.75) is 0 Å². The van der Waals surface area contributed by atoms with Gasteiger partial charge in [0.05, 0.1) is 5.57 Å². The van der Waals surface area contributed by atoms with Gasteiger partial charge in [0.2, 0.25) is 0 Å². The molecule has 0 amide bonds. The summed E-state index contributed by atoms with van der Waals surface area (Å²) in [5, 5.41) is 8.80. The molecule has 2 rings (SSSR count). The summed E-state index contributed by atoms with van der Waals surface area (Å²) in [6.45, 7) is 0. The number of hydrogen-bond donors (Lipinski definition) is 0. The normalized spacial score (nSPS) is 10.4. The monoisotopic (exact) mass is 259 g/mol. The Morgan fingerprint density at radius 1 is 0.850 bits per heavy atom. The van der Waals surface area contributed by atoms with Crippen molar-refractivity contribution in [2.24, 2.45) is 0 Å². The van der Waals surface area contributed by atoms with E-state index >= 15 is 0 Å². The SMILES string of the molecule is N#C/C(C=O)=C\C=C(c1ccccc1)c1ccccc1. The molecule has 2 heteroatoms. The van der Waals surface area contributed by atoms with E-state index in [2.05, 4.69) is 0 Å². The lowest BCUT2D eigenvalue weighted by Crippen LogP contribution is -1.87. The molecule has 0 N–H and O–H groups in total. The van der Waals surface area contributed by atoms with E-state index in [1.165, 1.54) is 0 Å². The van der Waals surface area contributed by atoms with Crippen LogP contribution < -0.4 is 0 Å². The average molecular weight is 259 g/mol. The third kappa shape index (κ3) is 3.30. The van der Waals surface area contributed by atoms with Crippen LogP contribution in [0.3, 0.4) is 0 Å². The van der Waals surface area contributed by atoms with Gasteiger partial charge in [0.1, 0.15) is 6.07 Å². The van der Waals surface area contributed by atoms with Crippen LogP contribution in [0.25, 0.3) is 5.57 Å². The molecule has 0 aromatic heterocycles. The van der Waals surface area contributed by atoms with Crippen molar-refractivity contribution in [3.05, 3.63) is 89.5 Å². The van der Waals surface area contributed by atoms with Crippen LogP contribution in [0, 0.1) is 11.3 Å². The van der Waals surface area contributed by atoms with E-state index in [0.29, 0.717) is 6.29 Å². The molecule has 0 aliphatic rings. The van der Waals surface area contributed by atoms with Crippen molar-refractivity contribution in [1.82, 2.24) is 0 Å². The molecule has 0 heterocycles. The van der Waals surface area contributed by atoms with Crippen molar-refractivity contribution >= 4 is 11.9 Å². The highest BCUT2D eigenvalue weighted by molar-refractivity contribution is 5.84. The van der Waals surface area contributed by atoms with Crippen molar-refractivity contribution in [2.75, 3.05) is 0 Å². The van der Waals surface area contributed by atoms with Crippen LogP contribution in [-0.4, -0.2) is 6.29 Å². The summed E-state index contributed by atoms with van der Waals surface area (Å²) in [6.07, 6.45) is 3.91. The summed E-state index contributed by atoms with van der Waals surface area (Å²) in [5.41, 5.74) is 3.16. The molecular formula is C18H13NO. The fourth-order valence-electron chi connectivity index (χ4n) is 1.87. The summed E-state index contributed by atoms with van der Waals surface area (Å²) in [7, 11) is 0. The van der Waals surface area contributed by atoms with E-state index < -0.39 is 0 Å². The smallest absolute Gasteiger partial charge is 0.160 e. The standard InChI is InChI=1S/C18H13NO/c19-13-15(14-20)11-12-18(16-7-3-1-4-8-16)17-9-5-2-6-10-17/h1-12,14H/b15-11+. The Morgan fingerprint density at radius 3 is 1.75 bits per heavy atom. The van der Waals surface area contributed by atoms with Crippen molar-refractivity contribution in [1.29, 1.82) is 5.26 Å². The minimum absolute atomic E-state index is 0.106. The Hall–Kier alpha value is -2.92. The lowest BCUT2D eigenvalue weighted by molar-refractivity contribution is -0.104. The van der Waals surface area contributed by atoms with Crippen LogP contribution in [0.1, 0.15) is 11.1 Å². The van der Waals surface area contributed by atoms with Gasteiger partial charge in [-0.15, -0.1) is 0 Å². The maximum absolute atomic E-state index is 10.7. The van der Waals surface area contributed by atoms with E-state index in [1.807, 2.05) is 66.7 Å². The predicted molar refractivity (Wildman–Crippen MR) is 79.7 cm³/mol. The maximum atomic E-state index is 10.7. The zero-order chi connectivity index (χ0) is 14.2. The fourth-order valence-corrected chi connectivity index (χ4v) is 1.87. The molecule has 2 aromatic carbocycles. The lowest BCUT2D eigenvalue weighted by Gasteiger charge is -2.07. The number of carbonyl (C=O) groups is 1. The fraction of sp³-hybridized carbons (Fsp3) is 0. The van der Waals surface area contributed by atoms with Crippen molar-refractivity contribution in [3.8, 4) is 6.07 Å². The minimum Gasteiger partial charge on any atom is -0.297 e. The summed E-state index contributed by atoms with van der Waals surface area (Å²) < 4.78 is 0. The number of nitrogens with zero attached hydrogens (tertiary/aromatic N) is 1. The largest absolute Gasteiger partial charge is 0.297 e. The number of allylic oxidation sites excluding steroid dienone is 3.